The van der Waals surface area contributed by atoms with Gasteiger partial charge in [0.05, 0.1) is 16.6 Å². The zero-order valence-electron chi connectivity index (χ0n) is 10.1. The van der Waals surface area contributed by atoms with E-state index in [2.05, 4.69) is 11.1 Å². The van der Waals surface area contributed by atoms with E-state index in [1.807, 2.05) is 36.7 Å². The third kappa shape index (κ3) is 1.41. The topological polar surface area (TPSA) is 54.8 Å². The maximum absolute atomic E-state index is 9.09. The van der Waals surface area contributed by atoms with Crippen LogP contribution in [0.2, 0.25) is 0 Å². The van der Waals surface area contributed by atoms with Crippen LogP contribution in [-0.4, -0.2) is 9.55 Å². The number of aryl methyl sites for hydroxylation is 2. The third-order valence-corrected chi connectivity index (χ3v) is 3.02. The Kier molecular flexibility index (Phi) is 2.20. The van der Waals surface area contributed by atoms with Gasteiger partial charge in [-0.15, -0.1) is 0 Å². The van der Waals surface area contributed by atoms with Crippen LogP contribution in [0.25, 0.3) is 22.4 Å². The third-order valence-electron chi connectivity index (χ3n) is 3.02. The summed E-state index contributed by atoms with van der Waals surface area (Å²) in [4.78, 5) is 4.55. The number of benzene rings is 1. The number of imidazole rings is 1. The van der Waals surface area contributed by atoms with Crippen molar-refractivity contribution < 1.29 is 4.42 Å². The van der Waals surface area contributed by atoms with E-state index in [0.717, 1.165) is 28.2 Å². The van der Waals surface area contributed by atoms with Crippen LogP contribution >= 0.6 is 0 Å². The van der Waals surface area contributed by atoms with Gasteiger partial charge in [0.2, 0.25) is 0 Å². The molecule has 3 aromatic rings. The molecule has 0 aliphatic rings. The maximum atomic E-state index is 9.09. The summed E-state index contributed by atoms with van der Waals surface area (Å²) in [7, 11) is 1.94. The van der Waals surface area contributed by atoms with Crippen LogP contribution in [0.4, 0.5) is 0 Å². The van der Waals surface area contributed by atoms with E-state index in [1.165, 1.54) is 0 Å². The first-order chi connectivity index (χ1) is 8.70. The van der Waals surface area contributed by atoms with Crippen molar-refractivity contribution in [2.75, 3.05) is 0 Å². The fourth-order valence-electron chi connectivity index (χ4n) is 2.12. The summed E-state index contributed by atoms with van der Waals surface area (Å²) in [6, 6.07) is 9.71. The normalized spacial score (nSPS) is 10.7. The van der Waals surface area contributed by atoms with Crippen LogP contribution in [-0.2, 0) is 7.05 Å². The highest BCUT2D eigenvalue weighted by Crippen LogP contribution is 2.26. The van der Waals surface area contributed by atoms with E-state index in [0.29, 0.717) is 5.56 Å². The second-order valence-corrected chi connectivity index (χ2v) is 4.23. The highest BCUT2D eigenvalue weighted by Gasteiger charge is 2.13. The van der Waals surface area contributed by atoms with Crippen molar-refractivity contribution in [1.82, 2.24) is 9.55 Å². The van der Waals surface area contributed by atoms with Gasteiger partial charge in [-0.1, -0.05) is 6.07 Å². The lowest BCUT2D eigenvalue weighted by Crippen LogP contribution is -1.90. The van der Waals surface area contributed by atoms with Crippen molar-refractivity contribution in [2.24, 2.45) is 7.05 Å². The first kappa shape index (κ1) is 10.6. The lowest BCUT2D eigenvalue weighted by molar-refractivity contribution is 0.534. The van der Waals surface area contributed by atoms with Crippen molar-refractivity contribution in [1.29, 1.82) is 5.26 Å². The molecule has 0 amide bonds. The molecule has 0 atom stereocenters. The molecule has 0 N–H and O–H groups in total. The maximum Gasteiger partial charge on any atom is 0.144 e. The molecule has 2 aromatic heterocycles. The number of para-hydroxylation sites is 1. The number of hydrogen-bond acceptors (Lipinski definition) is 3. The molecule has 0 aliphatic heterocycles. The molecule has 0 radical (unpaired) electrons. The van der Waals surface area contributed by atoms with Gasteiger partial charge in [0.15, 0.2) is 0 Å². The van der Waals surface area contributed by atoms with Crippen LogP contribution < -0.4 is 0 Å². The van der Waals surface area contributed by atoms with Crippen LogP contribution in [0.3, 0.4) is 0 Å². The number of nitriles is 1. The van der Waals surface area contributed by atoms with Crippen molar-refractivity contribution in [2.45, 2.75) is 6.92 Å². The van der Waals surface area contributed by atoms with Gasteiger partial charge in [-0.05, 0) is 25.1 Å². The Morgan fingerprint density at radius 2 is 2.22 bits per heavy atom. The van der Waals surface area contributed by atoms with Crippen LogP contribution in [0.15, 0.2) is 34.9 Å². The SMILES string of the molecule is Cc1cc(-c2nc3c(C#N)cccc3n2C)co1. The Bertz CT molecular complexity index is 774. The molecule has 3 rings (SSSR count). The summed E-state index contributed by atoms with van der Waals surface area (Å²) in [5.41, 5.74) is 3.20. The van der Waals surface area contributed by atoms with Crippen LogP contribution in [0, 0.1) is 18.3 Å². The predicted molar refractivity (Wildman–Crippen MR) is 67.9 cm³/mol. The molecule has 88 valence electrons. The van der Waals surface area contributed by atoms with Crippen molar-refractivity contribution in [3.63, 3.8) is 0 Å². The molecule has 2 heterocycles. The molecule has 0 fully saturated rings. The minimum absolute atomic E-state index is 0.592. The number of fused-ring (bicyclic) bond motifs is 1. The van der Waals surface area contributed by atoms with Gasteiger partial charge < -0.3 is 8.98 Å². The Hall–Kier alpha value is -2.54. The van der Waals surface area contributed by atoms with Gasteiger partial charge in [-0.2, -0.15) is 5.26 Å². The average molecular weight is 237 g/mol. The monoisotopic (exact) mass is 237 g/mol. The second-order valence-electron chi connectivity index (χ2n) is 4.23. The number of rotatable bonds is 1. The molecule has 18 heavy (non-hydrogen) atoms. The van der Waals surface area contributed by atoms with E-state index in [1.54, 1.807) is 12.3 Å². The number of nitrogens with zero attached hydrogens (tertiary/aromatic N) is 3. The zero-order chi connectivity index (χ0) is 12.7. The number of aromatic nitrogens is 2. The van der Waals surface area contributed by atoms with Gasteiger partial charge in [0.25, 0.3) is 0 Å². The summed E-state index contributed by atoms with van der Waals surface area (Å²) < 4.78 is 7.28. The van der Waals surface area contributed by atoms with Gasteiger partial charge in [0.1, 0.15) is 29.4 Å². The summed E-state index contributed by atoms with van der Waals surface area (Å²) in [5, 5.41) is 9.09. The fraction of sp³-hybridized carbons (Fsp3) is 0.143. The zero-order valence-corrected chi connectivity index (χ0v) is 10.1. The van der Waals surface area contributed by atoms with Crippen molar-refractivity contribution in [3.8, 4) is 17.5 Å². The van der Waals surface area contributed by atoms with Crippen molar-refractivity contribution >= 4 is 11.0 Å². The first-order valence-electron chi connectivity index (χ1n) is 5.62. The van der Waals surface area contributed by atoms with Crippen molar-refractivity contribution in [3.05, 3.63) is 41.9 Å². The molecular weight excluding hydrogens is 226 g/mol. The number of furan rings is 1. The standard InChI is InChI=1S/C14H11N3O/c1-9-6-11(8-18-9)14-16-13-10(7-15)4-3-5-12(13)17(14)2/h3-6,8H,1-2H3. The highest BCUT2D eigenvalue weighted by atomic mass is 16.3. The molecule has 0 unspecified atom stereocenters. The van der Waals surface area contributed by atoms with Gasteiger partial charge in [0, 0.05) is 7.05 Å². The van der Waals surface area contributed by atoms with Gasteiger partial charge in [-0.25, -0.2) is 4.98 Å². The van der Waals surface area contributed by atoms with E-state index in [-0.39, 0.29) is 0 Å². The molecule has 0 spiro atoms. The first-order valence-corrected chi connectivity index (χ1v) is 5.62. The van der Waals surface area contributed by atoms with E-state index >= 15 is 0 Å². The van der Waals surface area contributed by atoms with Gasteiger partial charge in [-0.3, -0.25) is 0 Å². The fourth-order valence-corrected chi connectivity index (χ4v) is 2.12. The van der Waals surface area contributed by atoms with E-state index < -0.39 is 0 Å². The Labute approximate surface area is 104 Å². The van der Waals surface area contributed by atoms with Gasteiger partial charge >= 0.3 is 0 Å². The lowest BCUT2D eigenvalue weighted by atomic mass is 10.2. The Balaban J connectivity index is 2.33. The summed E-state index contributed by atoms with van der Waals surface area (Å²) in [6.45, 7) is 1.90. The molecule has 0 saturated carbocycles. The Morgan fingerprint density at radius 3 is 2.89 bits per heavy atom. The molecule has 0 saturated heterocycles. The predicted octanol–water partition coefficient (Wildman–Crippen LogP) is 3.01. The quantitative estimate of drug-likeness (QED) is 0.653. The highest BCUT2D eigenvalue weighted by molar-refractivity contribution is 5.85. The smallest absolute Gasteiger partial charge is 0.144 e. The molecular formula is C14H11N3O. The molecule has 4 nitrogen and oxygen atoms in total. The summed E-state index contributed by atoms with van der Waals surface area (Å²) in [6.07, 6.45) is 1.68. The van der Waals surface area contributed by atoms with E-state index in [9.17, 15) is 0 Å². The minimum Gasteiger partial charge on any atom is -0.469 e. The summed E-state index contributed by atoms with van der Waals surface area (Å²) >= 11 is 0. The summed E-state index contributed by atoms with van der Waals surface area (Å²) in [5.74, 6) is 1.65. The van der Waals surface area contributed by atoms with Crippen LogP contribution in [0.5, 0.6) is 0 Å². The molecule has 0 bridgehead atoms. The second kappa shape index (κ2) is 3.74. The molecule has 4 heteroatoms. The number of hydrogen-bond donors (Lipinski definition) is 0. The largest absolute Gasteiger partial charge is 0.469 e. The minimum atomic E-state index is 0.592. The molecule has 1 aromatic carbocycles. The average Bonchev–Trinajstić information content (AvgIpc) is 2.94. The Morgan fingerprint density at radius 1 is 1.39 bits per heavy atom. The molecule has 0 aliphatic carbocycles. The lowest BCUT2D eigenvalue weighted by Gasteiger charge is -1.98. The van der Waals surface area contributed by atoms with E-state index in [4.69, 9.17) is 9.68 Å². The van der Waals surface area contributed by atoms with Crippen LogP contribution in [0.1, 0.15) is 11.3 Å².